The molecule has 3 rings (SSSR count). The number of unbranched alkanes of at least 4 members (excludes halogenated alkanes) is 15. The second-order valence-electron chi connectivity index (χ2n) is 17.0. The van der Waals surface area contributed by atoms with Crippen LogP contribution < -0.4 is 9.47 Å². The van der Waals surface area contributed by atoms with Crippen LogP contribution >= 0.6 is 0 Å². The molecule has 0 radical (unpaired) electrons. The monoisotopic (exact) mass is 705 g/mol. The van der Waals surface area contributed by atoms with Crippen LogP contribution in [-0.2, 0) is 31.6 Å². The van der Waals surface area contributed by atoms with Crippen LogP contribution in [-0.4, -0.2) is 25.2 Å². The topological polar surface area (TPSA) is 61.8 Å². The zero-order valence-corrected chi connectivity index (χ0v) is 33.9. The molecule has 286 valence electrons. The minimum absolute atomic E-state index is 0.0681. The number of rotatable bonds is 24. The third-order valence-corrected chi connectivity index (χ3v) is 10.4. The van der Waals surface area contributed by atoms with Gasteiger partial charge in [0.2, 0.25) is 0 Å². The molecular formula is C46H72O5. The Balaban J connectivity index is 1.41. The third kappa shape index (κ3) is 13.9. The predicted molar refractivity (Wildman–Crippen MR) is 212 cm³/mol. The van der Waals surface area contributed by atoms with Gasteiger partial charge in [-0.2, -0.15) is 0 Å². The van der Waals surface area contributed by atoms with Crippen LogP contribution in [0.5, 0.6) is 11.5 Å². The van der Waals surface area contributed by atoms with E-state index < -0.39 is 5.92 Å². The van der Waals surface area contributed by atoms with Gasteiger partial charge < -0.3 is 14.2 Å². The summed E-state index contributed by atoms with van der Waals surface area (Å²) in [6.07, 6.45) is 23.2. The molecule has 0 saturated carbocycles. The van der Waals surface area contributed by atoms with Crippen LogP contribution in [0.3, 0.4) is 0 Å². The van der Waals surface area contributed by atoms with Gasteiger partial charge in [0.25, 0.3) is 0 Å². The molecule has 0 aliphatic carbocycles. The van der Waals surface area contributed by atoms with E-state index in [1.807, 2.05) is 24.3 Å². The second kappa shape index (κ2) is 21.6. The number of fused-ring (bicyclic) bond motifs is 1. The number of ether oxygens (including phenoxy) is 3. The molecule has 1 aliphatic heterocycles. The Labute approximate surface area is 312 Å². The van der Waals surface area contributed by atoms with Gasteiger partial charge in [-0.3, -0.25) is 9.59 Å². The summed E-state index contributed by atoms with van der Waals surface area (Å²) in [5.74, 6) is 0.612. The fraction of sp³-hybridized carbons (Fsp3) is 0.696. The fourth-order valence-corrected chi connectivity index (χ4v) is 7.35. The summed E-state index contributed by atoms with van der Waals surface area (Å²) in [4.78, 5) is 25.8. The lowest BCUT2D eigenvalue weighted by Crippen LogP contribution is -2.21. The van der Waals surface area contributed by atoms with Gasteiger partial charge >= 0.3 is 11.9 Å². The van der Waals surface area contributed by atoms with E-state index in [1.54, 1.807) is 0 Å². The van der Waals surface area contributed by atoms with Gasteiger partial charge in [0.1, 0.15) is 30.6 Å². The molecule has 5 nitrogen and oxygen atoms in total. The van der Waals surface area contributed by atoms with E-state index in [1.165, 1.54) is 94.6 Å². The molecule has 2 aromatic carbocycles. The van der Waals surface area contributed by atoms with Crippen molar-refractivity contribution < 1.29 is 23.8 Å². The summed E-state index contributed by atoms with van der Waals surface area (Å²) in [5.41, 5.74) is 5.36. The predicted octanol–water partition coefficient (Wildman–Crippen LogP) is 12.9. The standard InChI is InChI=1S/C46H72O5/c1-9-11-13-14-15-16-17-18-19-20-21-22-23-24-25-27-40(47)50-33-32-49-36-30-28-35(29-31-36)41-42-37(26-12-10-2)38(45(3,4)5)34-39(46(6,7)8)43(42)51-44(41)48/h28-31,34,41H,9-27,32-33H2,1-8H3. The van der Waals surface area contributed by atoms with E-state index in [0.29, 0.717) is 18.8 Å². The van der Waals surface area contributed by atoms with Gasteiger partial charge in [0, 0.05) is 17.5 Å². The first-order valence-corrected chi connectivity index (χ1v) is 20.7. The SMILES string of the molecule is CCCCCCCCCCCCCCCCCC(=O)OCCOc1ccc(C2C(=O)Oc3c(C(C)(C)C)cc(C(C)(C)C)c(CCCC)c32)cc1. The molecule has 0 bridgehead atoms. The molecule has 1 heterocycles. The molecule has 0 N–H and O–H groups in total. The number of hydrogen-bond acceptors (Lipinski definition) is 5. The summed E-state index contributed by atoms with van der Waals surface area (Å²) < 4.78 is 17.5. The summed E-state index contributed by atoms with van der Waals surface area (Å²) >= 11 is 0. The highest BCUT2D eigenvalue weighted by Gasteiger charge is 2.42. The highest BCUT2D eigenvalue weighted by atomic mass is 16.6. The molecular weight excluding hydrogens is 633 g/mol. The van der Waals surface area contributed by atoms with Crippen molar-refractivity contribution in [3.05, 3.63) is 58.1 Å². The maximum atomic E-state index is 13.6. The van der Waals surface area contributed by atoms with Crippen molar-refractivity contribution in [1.29, 1.82) is 0 Å². The molecule has 0 aromatic heterocycles. The average molecular weight is 705 g/mol. The molecule has 0 spiro atoms. The Hall–Kier alpha value is -2.82. The van der Waals surface area contributed by atoms with E-state index in [0.717, 1.165) is 54.5 Å². The van der Waals surface area contributed by atoms with E-state index in [2.05, 4.69) is 61.5 Å². The third-order valence-electron chi connectivity index (χ3n) is 10.4. The minimum atomic E-state index is -0.468. The quantitative estimate of drug-likeness (QED) is 0.0618. The Kier molecular flexibility index (Phi) is 18.1. The van der Waals surface area contributed by atoms with E-state index in [-0.39, 0.29) is 29.4 Å². The zero-order chi connectivity index (χ0) is 37.3. The molecule has 2 aromatic rings. The molecule has 0 saturated heterocycles. The minimum Gasteiger partial charge on any atom is -0.490 e. The maximum absolute atomic E-state index is 13.6. The molecule has 5 heteroatoms. The number of esters is 2. The van der Waals surface area contributed by atoms with Crippen molar-refractivity contribution in [2.45, 2.75) is 194 Å². The number of carbonyl (C=O) groups is 2. The number of benzene rings is 2. The van der Waals surface area contributed by atoms with Crippen molar-refractivity contribution in [1.82, 2.24) is 0 Å². The van der Waals surface area contributed by atoms with Gasteiger partial charge in [0.15, 0.2) is 0 Å². The van der Waals surface area contributed by atoms with Crippen LogP contribution in [0, 0.1) is 0 Å². The Morgan fingerprint density at radius 1 is 0.667 bits per heavy atom. The van der Waals surface area contributed by atoms with Crippen molar-refractivity contribution >= 4 is 11.9 Å². The Morgan fingerprint density at radius 3 is 1.69 bits per heavy atom. The van der Waals surface area contributed by atoms with Gasteiger partial charge in [-0.25, -0.2) is 0 Å². The van der Waals surface area contributed by atoms with Crippen molar-refractivity contribution in [3.63, 3.8) is 0 Å². The van der Waals surface area contributed by atoms with E-state index in [4.69, 9.17) is 14.2 Å². The fourth-order valence-electron chi connectivity index (χ4n) is 7.35. The van der Waals surface area contributed by atoms with E-state index >= 15 is 0 Å². The number of carbonyl (C=O) groups excluding carboxylic acids is 2. The zero-order valence-electron chi connectivity index (χ0n) is 33.9. The summed E-state index contributed by atoms with van der Waals surface area (Å²) in [6.45, 7) is 18.3. The molecule has 0 amide bonds. The van der Waals surface area contributed by atoms with Crippen LogP contribution in [0.25, 0.3) is 0 Å². The molecule has 1 atom stereocenters. The highest BCUT2D eigenvalue weighted by molar-refractivity contribution is 5.91. The first kappa shape index (κ1) is 42.6. The lowest BCUT2D eigenvalue weighted by Gasteiger charge is -2.30. The average Bonchev–Trinajstić information content (AvgIpc) is 3.42. The second-order valence-corrected chi connectivity index (χ2v) is 17.0. The van der Waals surface area contributed by atoms with Gasteiger partial charge in [0.05, 0.1) is 0 Å². The van der Waals surface area contributed by atoms with Crippen molar-refractivity contribution in [3.8, 4) is 11.5 Å². The van der Waals surface area contributed by atoms with Gasteiger partial charge in [-0.15, -0.1) is 0 Å². The van der Waals surface area contributed by atoms with Crippen LogP contribution in [0.1, 0.15) is 205 Å². The lowest BCUT2D eigenvalue weighted by molar-refractivity contribution is -0.144. The lowest BCUT2D eigenvalue weighted by atomic mass is 9.73. The first-order valence-electron chi connectivity index (χ1n) is 20.7. The van der Waals surface area contributed by atoms with Crippen LogP contribution in [0.15, 0.2) is 30.3 Å². The smallest absolute Gasteiger partial charge is 0.323 e. The summed E-state index contributed by atoms with van der Waals surface area (Å²) in [6, 6.07) is 10.1. The molecule has 51 heavy (non-hydrogen) atoms. The highest BCUT2D eigenvalue weighted by Crippen LogP contribution is 2.50. The summed E-state index contributed by atoms with van der Waals surface area (Å²) in [7, 11) is 0. The largest absolute Gasteiger partial charge is 0.490 e. The van der Waals surface area contributed by atoms with Crippen molar-refractivity contribution in [2.75, 3.05) is 13.2 Å². The Morgan fingerprint density at radius 2 is 1.18 bits per heavy atom. The Bertz CT molecular complexity index is 1330. The summed E-state index contributed by atoms with van der Waals surface area (Å²) in [5, 5.41) is 0. The van der Waals surface area contributed by atoms with Crippen LogP contribution in [0.4, 0.5) is 0 Å². The normalized spacial score (nSPS) is 14.4. The number of hydrogen-bond donors (Lipinski definition) is 0. The van der Waals surface area contributed by atoms with Gasteiger partial charge in [-0.1, -0.05) is 170 Å². The molecule has 1 unspecified atom stereocenters. The molecule has 1 aliphatic rings. The molecule has 0 fully saturated rings. The van der Waals surface area contributed by atoms with Crippen molar-refractivity contribution in [2.24, 2.45) is 0 Å². The maximum Gasteiger partial charge on any atom is 0.323 e. The van der Waals surface area contributed by atoms with E-state index in [9.17, 15) is 9.59 Å². The van der Waals surface area contributed by atoms with Gasteiger partial charge in [-0.05, 0) is 58.9 Å². The first-order chi connectivity index (χ1) is 24.4. The van der Waals surface area contributed by atoms with Crippen LogP contribution in [0.2, 0.25) is 0 Å².